The van der Waals surface area contributed by atoms with E-state index in [1.54, 1.807) is 36.5 Å². The minimum absolute atomic E-state index is 0.0325. The van der Waals surface area contributed by atoms with Crippen molar-refractivity contribution in [3.05, 3.63) is 54.6 Å². The fraction of sp³-hybridized carbons (Fsp3) is 0. The highest BCUT2D eigenvalue weighted by molar-refractivity contribution is 5.87. The van der Waals surface area contributed by atoms with Gasteiger partial charge in [0.25, 0.3) is 0 Å². The molecular formula is C13H9N3O3. The summed E-state index contributed by atoms with van der Waals surface area (Å²) in [5.41, 5.74) is 0.484. The summed E-state index contributed by atoms with van der Waals surface area (Å²) in [6.07, 6.45) is 3.09. The van der Waals surface area contributed by atoms with Gasteiger partial charge in [0.1, 0.15) is 5.69 Å². The molecule has 0 spiro atoms. The van der Waals surface area contributed by atoms with Crippen LogP contribution in [0, 0.1) is 0 Å². The van der Waals surface area contributed by atoms with Crippen LogP contribution in [-0.4, -0.2) is 25.8 Å². The maximum absolute atomic E-state index is 11.3. The van der Waals surface area contributed by atoms with Crippen LogP contribution in [0.2, 0.25) is 0 Å². The SMILES string of the molecule is O=C(O)c1cc(-c2ccco2)nn1-c1ccccn1. The van der Waals surface area contributed by atoms with Crippen molar-refractivity contribution in [1.29, 1.82) is 0 Å². The van der Waals surface area contributed by atoms with Gasteiger partial charge in [-0.15, -0.1) is 0 Å². The third-order valence-corrected chi connectivity index (χ3v) is 2.57. The van der Waals surface area contributed by atoms with E-state index in [4.69, 9.17) is 4.42 Å². The summed E-state index contributed by atoms with van der Waals surface area (Å²) >= 11 is 0. The molecule has 0 amide bonds. The number of furan rings is 1. The molecule has 3 aromatic heterocycles. The van der Waals surface area contributed by atoms with E-state index in [1.807, 2.05) is 0 Å². The van der Waals surface area contributed by atoms with E-state index in [0.717, 1.165) is 0 Å². The standard InChI is InChI=1S/C13H9N3O3/c17-13(18)10-8-9(11-4-3-7-19-11)15-16(10)12-5-1-2-6-14-12/h1-8H,(H,17,18). The predicted molar refractivity (Wildman–Crippen MR) is 66.0 cm³/mol. The van der Waals surface area contributed by atoms with Gasteiger partial charge in [0.15, 0.2) is 17.3 Å². The monoisotopic (exact) mass is 255 g/mol. The number of hydrogen-bond donors (Lipinski definition) is 1. The first kappa shape index (κ1) is 11.2. The molecule has 0 aliphatic rings. The highest BCUT2D eigenvalue weighted by Crippen LogP contribution is 2.21. The van der Waals surface area contributed by atoms with Crippen molar-refractivity contribution in [2.75, 3.05) is 0 Å². The Bertz CT molecular complexity index is 702. The smallest absolute Gasteiger partial charge is 0.354 e. The van der Waals surface area contributed by atoms with Crippen molar-refractivity contribution in [3.63, 3.8) is 0 Å². The van der Waals surface area contributed by atoms with E-state index in [1.165, 1.54) is 17.0 Å². The maximum atomic E-state index is 11.3. The van der Waals surface area contributed by atoms with E-state index in [0.29, 0.717) is 17.3 Å². The third kappa shape index (κ3) is 1.99. The molecule has 0 aliphatic heterocycles. The predicted octanol–water partition coefficient (Wildman–Crippen LogP) is 2.23. The number of nitrogens with zero attached hydrogens (tertiary/aromatic N) is 3. The zero-order valence-corrected chi connectivity index (χ0v) is 9.72. The Morgan fingerprint density at radius 3 is 2.79 bits per heavy atom. The second kappa shape index (κ2) is 4.41. The van der Waals surface area contributed by atoms with Crippen molar-refractivity contribution < 1.29 is 14.3 Å². The number of carboxylic acids is 1. The van der Waals surface area contributed by atoms with Gasteiger partial charge in [-0.05, 0) is 24.3 Å². The van der Waals surface area contributed by atoms with Gasteiger partial charge in [-0.3, -0.25) is 0 Å². The summed E-state index contributed by atoms with van der Waals surface area (Å²) in [5, 5.41) is 13.4. The molecule has 0 fully saturated rings. The lowest BCUT2D eigenvalue weighted by Gasteiger charge is -2.01. The second-order valence-electron chi connectivity index (χ2n) is 3.80. The van der Waals surface area contributed by atoms with Crippen molar-refractivity contribution >= 4 is 5.97 Å². The van der Waals surface area contributed by atoms with Crippen molar-refractivity contribution in [1.82, 2.24) is 14.8 Å². The van der Waals surface area contributed by atoms with Gasteiger partial charge in [-0.25, -0.2) is 14.5 Å². The minimum Gasteiger partial charge on any atom is -0.477 e. The maximum Gasteiger partial charge on any atom is 0.354 e. The molecule has 6 heteroatoms. The fourth-order valence-corrected chi connectivity index (χ4v) is 1.73. The molecule has 0 aromatic carbocycles. The molecular weight excluding hydrogens is 246 g/mol. The number of pyridine rings is 1. The zero-order valence-electron chi connectivity index (χ0n) is 9.72. The molecule has 3 heterocycles. The first-order valence-corrected chi connectivity index (χ1v) is 5.54. The third-order valence-electron chi connectivity index (χ3n) is 2.57. The number of aromatic nitrogens is 3. The van der Waals surface area contributed by atoms with Gasteiger partial charge in [-0.1, -0.05) is 6.07 Å². The van der Waals surface area contributed by atoms with Crippen molar-refractivity contribution in [3.8, 4) is 17.3 Å². The lowest BCUT2D eigenvalue weighted by atomic mass is 10.3. The van der Waals surface area contributed by atoms with Gasteiger partial charge < -0.3 is 9.52 Å². The van der Waals surface area contributed by atoms with Crippen LogP contribution in [0.15, 0.2) is 53.3 Å². The quantitative estimate of drug-likeness (QED) is 0.776. The molecule has 19 heavy (non-hydrogen) atoms. The van der Waals surface area contributed by atoms with Crippen LogP contribution in [0.3, 0.4) is 0 Å². The molecule has 0 unspecified atom stereocenters. The molecule has 3 aromatic rings. The Balaban J connectivity index is 2.16. The number of hydrogen-bond acceptors (Lipinski definition) is 4. The lowest BCUT2D eigenvalue weighted by molar-refractivity contribution is 0.0687. The highest BCUT2D eigenvalue weighted by atomic mass is 16.4. The average molecular weight is 255 g/mol. The minimum atomic E-state index is -1.07. The summed E-state index contributed by atoms with van der Waals surface area (Å²) in [6.45, 7) is 0. The number of carboxylic acid groups (broad SMARTS) is 1. The topological polar surface area (TPSA) is 81.1 Å². The average Bonchev–Trinajstić information content (AvgIpc) is 3.08. The summed E-state index contributed by atoms with van der Waals surface area (Å²) in [5.74, 6) is -0.120. The Hall–Kier alpha value is -2.89. The van der Waals surface area contributed by atoms with Gasteiger partial charge in [0.05, 0.1) is 6.26 Å². The molecule has 0 aliphatic carbocycles. The summed E-state index contributed by atoms with van der Waals surface area (Å²) < 4.78 is 6.49. The van der Waals surface area contributed by atoms with Crippen LogP contribution < -0.4 is 0 Å². The van der Waals surface area contributed by atoms with E-state index in [2.05, 4.69) is 10.1 Å². The van der Waals surface area contributed by atoms with Crippen LogP contribution in [0.1, 0.15) is 10.5 Å². The molecule has 0 saturated carbocycles. The summed E-state index contributed by atoms with van der Waals surface area (Å²) in [6, 6.07) is 10.1. The number of rotatable bonds is 3. The fourth-order valence-electron chi connectivity index (χ4n) is 1.73. The van der Waals surface area contributed by atoms with Gasteiger partial charge in [0.2, 0.25) is 0 Å². The summed E-state index contributed by atoms with van der Waals surface area (Å²) in [7, 11) is 0. The van der Waals surface area contributed by atoms with Crippen LogP contribution >= 0.6 is 0 Å². The van der Waals surface area contributed by atoms with Crippen LogP contribution in [0.4, 0.5) is 0 Å². The van der Waals surface area contributed by atoms with E-state index >= 15 is 0 Å². The largest absolute Gasteiger partial charge is 0.477 e. The molecule has 0 atom stereocenters. The van der Waals surface area contributed by atoms with Crippen molar-refractivity contribution in [2.45, 2.75) is 0 Å². The first-order chi connectivity index (χ1) is 9.25. The normalized spacial score (nSPS) is 10.5. The Labute approximate surface area is 107 Å². The molecule has 0 radical (unpaired) electrons. The van der Waals surface area contributed by atoms with Gasteiger partial charge in [-0.2, -0.15) is 5.10 Å². The highest BCUT2D eigenvalue weighted by Gasteiger charge is 2.18. The number of aromatic carboxylic acids is 1. The second-order valence-corrected chi connectivity index (χ2v) is 3.80. The van der Waals surface area contributed by atoms with E-state index < -0.39 is 5.97 Å². The summed E-state index contributed by atoms with van der Waals surface area (Å²) in [4.78, 5) is 15.4. The molecule has 0 bridgehead atoms. The van der Waals surface area contributed by atoms with Crippen LogP contribution in [-0.2, 0) is 0 Å². The van der Waals surface area contributed by atoms with E-state index in [9.17, 15) is 9.90 Å². The Kier molecular flexibility index (Phi) is 2.60. The Morgan fingerprint density at radius 1 is 1.26 bits per heavy atom. The molecule has 1 N–H and O–H groups in total. The number of carbonyl (C=O) groups is 1. The van der Waals surface area contributed by atoms with Gasteiger partial charge >= 0.3 is 5.97 Å². The zero-order chi connectivity index (χ0) is 13.2. The molecule has 3 rings (SSSR count). The lowest BCUT2D eigenvalue weighted by Crippen LogP contribution is -2.08. The molecule has 94 valence electrons. The van der Waals surface area contributed by atoms with E-state index in [-0.39, 0.29) is 5.69 Å². The van der Waals surface area contributed by atoms with Gasteiger partial charge in [0, 0.05) is 12.3 Å². The van der Waals surface area contributed by atoms with Crippen LogP contribution in [0.5, 0.6) is 0 Å². The van der Waals surface area contributed by atoms with Crippen LogP contribution in [0.25, 0.3) is 17.3 Å². The first-order valence-electron chi connectivity index (χ1n) is 5.54. The molecule has 0 saturated heterocycles. The molecule has 6 nitrogen and oxygen atoms in total. The van der Waals surface area contributed by atoms with Crippen molar-refractivity contribution in [2.24, 2.45) is 0 Å². The Morgan fingerprint density at radius 2 is 2.16 bits per heavy atom.